The lowest BCUT2D eigenvalue weighted by Crippen LogP contribution is -2.48. The maximum atomic E-state index is 5.71. The predicted octanol–water partition coefficient (Wildman–Crippen LogP) is 2.51. The van der Waals surface area contributed by atoms with Crippen molar-refractivity contribution >= 4 is 0 Å². The summed E-state index contributed by atoms with van der Waals surface area (Å²) in [6.07, 6.45) is 6.55. The Kier molecular flexibility index (Phi) is 6.62. The van der Waals surface area contributed by atoms with Gasteiger partial charge < -0.3 is 15.0 Å². The van der Waals surface area contributed by atoms with Gasteiger partial charge in [0.25, 0.3) is 0 Å². The zero-order chi connectivity index (χ0) is 13.5. The Morgan fingerprint density at radius 2 is 2.11 bits per heavy atom. The monoisotopic (exact) mass is 268 g/mol. The molecule has 1 aliphatic heterocycles. The van der Waals surface area contributed by atoms with Crippen LogP contribution < -0.4 is 5.32 Å². The normalized spacial score (nSPS) is 28.7. The number of hydrogen-bond donors (Lipinski definition) is 1. The van der Waals surface area contributed by atoms with Gasteiger partial charge in [-0.1, -0.05) is 13.8 Å². The smallest absolute Gasteiger partial charge is 0.0494 e. The van der Waals surface area contributed by atoms with Crippen LogP contribution in [0.15, 0.2) is 0 Å². The molecule has 1 N–H and O–H groups in total. The lowest BCUT2D eigenvalue weighted by molar-refractivity contribution is 0.0972. The molecule has 0 amide bonds. The average Bonchev–Trinajstić information content (AvgIpc) is 3.21. The summed E-state index contributed by atoms with van der Waals surface area (Å²) in [6.45, 7) is 11.5. The number of nitrogens with zero attached hydrogens (tertiary/aromatic N) is 1. The van der Waals surface area contributed by atoms with Crippen molar-refractivity contribution in [2.75, 3.05) is 39.4 Å². The molecule has 2 fully saturated rings. The van der Waals surface area contributed by atoms with Gasteiger partial charge in [-0.3, -0.25) is 0 Å². The summed E-state index contributed by atoms with van der Waals surface area (Å²) < 4.78 is 5.71. The van der Waals surface area contributed by atoms with Crippen LogP contribution in [0.1, 0.15) is 46.0 Å². The molecule has 0 aromatic heterocycles. The summed E-state index contributed by atoms with van der Waals surface area (Å²) >= 11 is 0. The van der Waals surface area contributed by atoms with E-state index in [2.05, 4.69) is 24.1 Å². The lowest BCUT2D eigenvalue weighted by atomic mass is 9.93. The third-order valence-corrected chi connectivity index (χ3v) is 4.46. The summed E-state index contributed by atoms with van der Waals surface area (Å²) in [7, 11) is 0. The first-order valence-corrected chi connectivity index (χ1v) is 8.33. The second kappa shape index (κ2) is 8.23. The molecule has 1 saturated heterocycles. The van der Waals surface area contributed by atoms with Crippen molar-refractivity contribution in [3.63, 3.8) is 0 Å². The molecule has 2 atom stereocenters. The Hall–Kier alpha value is -0.120. The van der Waals surface area contributed by atoms with Gasteiger partial charge in [0.1, 0.15) is 0 Å². The minimum absolute atomic E-state index is 0.738. The second-order valence-corrected chi connectivity index (χ2v) is 6.50. The molecule has 2 aliphatic rings. The summed E-state index contributed by atoms with van der Waals surface area (Å²) in [4.78, 5) is 2.62. The van der Waals surface area contributed by atoms with Gasteiger partial charge in [0.2, 0.25) is 0 Å². The molecule has 0 bridgehead atoms. The van der Waals surface area contributed by atoms with Crippen molar-refractivity contribution < 1.29 is 4.74 Å². The van der Waals surface area contributed by atoms with E-state index in [9.17, 15) is 0 Å². The number of ether oxygens (including phenoxy) is 1. The van der Waals surface area contributed by atoms with Crippen molar-refractivity contribution in [1.29, 1.82) is 0 Å². The van der Waals surface area contributed by atoms with Crippen LogP contribution in [-0.4, -0.2) is 50.3 Å². The fourth-order valence-corrected chi connectivity index (χ4v) is 2.99. The quantitative estimate of drug-likeness (QED) is 0.650. The van der Waals surface area contributed by atoms with Crippen LogP contribution in [0, 0.1) is 11.8 Å². The minimum Gasteiger partial charge on any atom is -0.381 e. The van der Waals surface area contributed by atoms with E-state index in [4.69, 9.17) is 4.74 Å². The molecule has 0 spiro atoms. The molecule has 2 unspecified atom stereocenters. The van der Waals surface area contributed by atoms with Crippen molar-refractivity contribution in [3.05, 3.63) is 0 Å². The van der Waals surface area contributed by atoms with E-state index in [0.29, 0.717) is 0 Å². The van der Waals surface area contributed by atoms with Gasteiger partial charge in [-0.15, -0.1) is 0 Å². The molecule has 1 aliphatic carbocycles. The van der Waals surface area contributed by atoms with Crippen LogP contribution in [0.2, 0.25) is 0 Å². The lowest BCUT2D eigenvalue weighted by Gasteiger charge is -2.37. The Labute approximate surface area is 119 Å². The van der Waals surface area contributed by atoms with Crippen LogP contribution >= 0.6 is 0 Å². The van der Waals surface area contributed by atoms with Gasteiger partial charge in [-0.25, -0.2) is 0 Å². The van der Waals surface area contributed by atoms with E-state index in [1.165, 1.54) is 58.3 Å². The van der Waals surface area contributed by atoms with Crippen LogP contribution in [0.4, 0.5) is 0 Å². The molecule has 1 saturated carbocycles. The Balaban J connectivity index is 1.50. The van der Waals surface area contributed by atoms with Gasteiger partial charge in [0.05, 0.1) is 0 Å². The highest BCUT2D eigenvalue weighted by Crippen LogP contribution is 2.28. The predicted molar refractivity (Wildman–Crippen MR) is 80.5 cm³/mol. The standard InChI is InChI=1S/C16H32N2O/c1-3-8-17-16-7-10-18(12-14(16)2)9-4-11-19-13-15-5-6-15/h14-17H,3-13H2,1-2H3. The number of rotatable bonds is 9. The SMILES string of the molecule is CCCNC1CCN(CCCOCC2CC2)CC1C. The van der Waals surface area contributed by atoms with Crippen LogP contribution in [0.25, 0.3) is 0 Å². The highest BCUT2D eigenvalue weighted by molar-refractivity contribution is 4.82. The first-order valence-electron chi connectivity index (χ1n) is 8.33. The second-order valence-electron chi connectivity index (χ2n) is 6.50. The van der Waals surface area contributed by atoms with Crippen LogP contribution in [-0.2, 0) is 4.74 Å². The van der Waals surface area contributed by atoms with E-state index in [0.717, 1.165) is 31.1 Å². The maximum absolute atomic E-state index is 5.71. The third kappa shape index (κ3) is 5.80. The van der Waals surface area contributed by atoms with Crippen molar-refractivity contribution in [2.24, 2.45) is 11.8 Å². The molecule has 0 aromatic carbocycles. The van der Waals surface area contributed by atoms with Crippen molar-refractivity contribution in [3.8, 4) is 0 Å². The van der Waals surface area contributed by atoms with Crippen LogP contribution in [0.3, 0.4) is 0 Å². The maximum Gasteiger partial charge on any atom is 0.0494 e. The fourth-order valence-electron chi connectivity index (χ4n) is 2.99. The van der Waals surface area contributed by atoms with Crippen LogP contribution in [0.5, 0.6) is 0 Å². The molecule has 112 valence electrons. The Morgan fingerprint density at radius 1 is 1.26 bits per heavy atom. The molecule has 3 nitrogen and oxygen atoms in total. The van der Waals surface area contributed by atoms with Gasteiger partial charge in [-0.05, 0) is 57.0 Å². The van der Waals surface area contributed by atoms with E-state index in [-0.39, 0.29) is 0 Å². The minimum atomic E-state index is 0.738. The van der Waals surface area contributed by atoms with Gasteiger partial charge in [0, 0.05) is 32.3 Å². The zero-order valence-corrected chi connectivity index (χ0v) is 12.9. The zero-order valence-electron chi connectivity index (χ0n) is 12.9. The molecule has 2 rings (SSSR count). The molecule has 3 heteroatoms. The molecular formula is C16H32N2O. The van der Waals surface area contributed by atoms with Crippen molar-refractivity contribution in [2.45, 2.75) is 52.0 Å². The third-order valence-electron chi connectivity index (χ3n) is 4.46. The van der Waals surface area contributed by atoms with E-state index < -0.39 is 0 Å². The number of piperidine rings is 1. The van der Waals surface area contributed by atoms with Gasteiger partial charge >= 0.3 is 0 Å². The number of nitrogens with one attached hydrogen (secondary N) is 1. The highest BCUT2D eigenvalue weighted by Gasteiger charge is 2.25. The largest absolute Gasteiger partial charge is 0.381 e. The first kappa shape index (κ1) is 15.3. The molecule has 1 heterocycles. The fraction of sp³-hybridized carbons (Fsp3) is 1.00. The molecule has 0 aromatic rings. The average molecular weight is 268 g/mol. The summed E-state index contributed by atoms with van der Waals surface area (Å²) in [5, 5.41) is 3.69. The van der Waals surface area contributed by atoms with E-state index in [1.807, 2.05) is 0 Å². The molecular weight excluding hydrogens is 236 g/mol. The highest BCUT2D eigenvalue weighted by atomic mass is 16.5. The summed E-state index contributed by atoms with van der Waals surface area (Å²) in [5.74, 6) is 1.69. The van der Waals surface area contributed by atoms with Gasteiger partial charge in [-0.2, -0.15) is 0 Å². The molecule has 19 heavy (non-hydrogen) atoms. The Morgan fingerprint density at radius 3 is 2.79 bits per heavy atom. The van der Waals surface area contributed by atoms with E-state index in [1.54, 1.807) is 0 Å². The van der Waals surface area contributed by atoms with E-state index >= 15 is 0 Å². The Bertz CT molecular complexity index is 243. The summed E-state index contributed by atoms with van der Waals surface area (Å²) in [5.41, 5.74) is 0. The molecule has 0 radical (unpaired) electrons. The topological polar surface area (TPSA) is 24.5 Å². The number of likely N-dealkylation sites (tertiary alicyclic amines) is 1. The first-order chi connectivity index (χ1) is 9.29. The van der Waals surface area contributed by atoms with Gasteiger partial charge in [0.15, 0.2) is 0 Å². The summed E-state index contributed by atoms with van der Waals surface area (Å²) in [6, 6.07) is 0.738. The number of hydrogen-bond acceptors (Lipinski definition) is 3. The van der Waals surface area contributed by atoms with Crippen molar-refractivity contribution in [1.82, 2.24) is 10.2 Å².